The first kappa shape index (κ1) is 13.5. The van der Waals surface area contributed by atoms with E-state index < -0.39 is 17.7 Å². The van der Waals surface area contributed by atoms with Crippen LogP contribution in [0.2, 0.25) is 0 Å². The molecule has 0 bridgehead atoms. The lowest BCUT2D eigenvalue weighted by molar-refractivity contribution is 0.186. The monoisotopic (exact) mass is 263 g/mol. The summed E-state index contributed by atoms with van der Waals surface area (Å²) in [5, 5.41) is 12.9. The van der Waals surface area contributed by atoms with Gasteiger partial charge in [-0.2, -0.15) is 0 Å². The van der Waals surface area contributed by atoms with E-state index in [1.165, 1.54) is 6.07 Å². The molecule has 4 heteroatoms. The third-order valence-electron chi connectivity index (χ3n) is 2.87. The topological polar surface area (TPSA) is 32.3 Å². The molecule has 0 fully saturated rings. The molecule has 0 aromatic heterocycles. The van der Waals surface area contributed by atoms with Gasteiger partial charge < -0.3 is 10.4 Å². The maximum Gasteiger partial charge on any atom is 0.131 e. The van der Waals surface area contributed by atoms with Crippen molar-refractivity contribution in [1.29, 1.82) is 0 Å². The summed E-state index contributed by atoms with van der Waals surface area (Å²) in [6.45, 7) is 2.14. The van der Waals surface area contributed by atoms with Gasteiger partial charge in [0.15, 0.2) is 0 Å². The van der Waals surface area contributed by atoms with Gasteiger partial charge in [-0.3, -0.25) is 0 Å². The van der Waals surface area contributed by atoms with E-state index in [1.54, 1.807) is 0 Å². The van der Waals surface area contributed by atoms with Crippen LogP contribution in [0.1, 0.15) is 17.2 Å². The van der Waals surface area contributed by atoms with E-state index in [2.05, 4.69) is 5.32 Å². The first-order valence-electron chi connectivity index (χ1n) is 6.00. The molecular formula is C15H15F2NO. The van der Waals surface area contributed by atoms with Crippen LogP contribution in [0.4, 0.5) is 14.5 Å². The van der Waals surface area contributed by atoms with Crippen LogP contribution in [0.15, 0.2) is 42.5 Å². The van der Waals surface area contributed by atoms with E-state index in [9.17, 15) is 13.9 Å². The zero-order valence-electron chi connectivity index (χ0n) is 10.5. The minimum Gasteiger partial charge on any atom is -0.386 e. The molecule has 0 aliphatic rings. The Bertz CT molecular complexity index is 555. The predicted octanol–water partition coefficient (Wildman–Crippen LogP) is 3.42. The second kappa shape index (κ2) is 5.80. The first-order chi connectivity index (χ1) is 9.06. The number of halogens is 2. The summed E-state index contributed by atoms with van der Waals surface area (Å²) >= 11 is 0. The number of nitrogens with one attached hydrogen (secondary N) is 1. The SMILES string of the molecule is Cc1ccc(NCC(O)c2ccc(F)cc2F)cc1. The Morgan fingerprint density at radius 2 is 1.79 bits per heavy atom. The fourth-order valence-electron chi connectivity index (χ4n) is 1.77. The summed E-state index contributed by atoms with van der Waals surface area (Å²) in [6, 6.07) is 10.8. The van der Waals surface area contributed by atoms with Crippen LogP contribution in [0, 0.1) is 18.6 Å². The van der Waals surface area contributed by atoms with Crippen molar-refractivity contribution in [3.63, 3.8) is 0 Å². The van der Waals surface area contributed by atoms with Crippen molar-refractivity contribution in [2.75, 3.05) is 11.9 Å². The van der Waals surface area contributed by atoms with Crippen molar-refractivity contribution in [2.24, 2.45) is 0 Å². The molecule has 0 radical (unpaired) electrons. The second-order valence-corrected chi connectivity index (χ2v) is 4.43. The molecule has 2 aromatic carbocycles. The van der Waals surface area contributed by atoms with Gasteiger partial charge in [0, 0.05) is 23.9 Å². The Hall–Kier alpha value is -1.94. The highest BCUT2D eigenvalue weighted by molar-refractivity contribution is 5.44. The quantitative estimate of drug-likeness (QED) is 0.886. The zero-order valence-corrected chi connectivity index (χ0v) is 10.5. The number of aliphatic hydroxyl groups is 1. The molecule has 1 unspecified atom stereocenters. The van der Waals surface area contributed by atoms with Crippen molar-refractivity contribution < 1.29 is 13.9 Å². The minimum atomic E-state index is -1.03. The molecule has 0 saturated carbocycles. The van der Waals surface area contributed by atoms with Crippen molar-refractivity contribution >= 4 is 5.69 Å². The van der Waals surface area contributed by atoms with Gasteiger partial charge >= 0.3 is 0 Å². The van der Waals surface area contributed by atoms with Crippen LogP contribution < -0.4 is 5.32 Å². The van der Waals surface area contributed by atoms with Gasteiger partial charge in [0.2, 0.25) is 0 Å². The number of aliphatic hydroxyl groups excluding tert-OH is 1. The van der Waals surface area contributed by atoms with Crippen molar-refractivity contribution in [2.45, 2.75) is 13.0 Å². The smallest absolute Gasteiger partial charge is 0.131 e. The molecule has 1 atom stereocenters. The van der Waals surface area contributed by atoms with Crippen LogP contribution in [-0.4, -0.2) is 11.7 Å². The highest BCUT2D eigenvalue weighted by atomic mass is 19.1. The molecule has 2 aromatic rings. The molecule has 0 spiro atoms. The fourth-order valence-corrected chi connectivity index (χ4v) is 1.77. The van der Waals surface area contributed by atoms with Crippen LogP contribution in [0.25, 0.3) is 0 Å². The number of rotatable bonds is 4. The molecule has 2 N–H and O–H groups in total. The summed E-state index contributed by atoms with van der Waals surface area (Å²) < 4.78 is 26.2. The molecule has 0 aliphatic heterocycles. The van der Waals surface area contributed by atoms with Gasteiger partial charge in [-0.25, -0.2) is 8.78 Å². The first-order valence-corrected chi connectivity index (χ1v) is 6.00. The highest BCUT2D eigenvalue weighted by Crippen LogP contribution is 2.19. The minimum absolute atomic E-state index is 0.0843. The number of anilines is 1. The van der Waals surface area contributed by atoms with Crippen molar-refractivity contribution in [3.8, 4) is 0 Å². The van der Waals surface area contributed by atoms with E-state index in [0.717, 1.165) is 23.4 Å². The molecule has 0 amide bonds. The van der Waals surface area contributed by atoms with Crippen LogP contribution in [0.5, 0.6) is 0 Å². The standard InChI is InChI=1S/C15H15F2NO/c1-10-2-5-12(6-3-10)18-9-15(19)13-7-4-11(16)8-14(13)17/h2-8,15,18-19H,9H2,1H3. The highest BCUT2D eigenvalue weighted by Gasteiger charge is 2.13. The Balaban J connectivity index is 2.01. The molecular weight excluding hydrogens is 248 g/mol. The second-order valence-electron chi connectivity index (χ2n) is 4.43. The number of aryl methyl sites for hydroxylation is 1. The van der Waals surface area contributed by atoms with E-state index in [-0.39, 0.29) is 12.1 Å². The number of hydrogen-bond acceptors (Lipinski definition) is 2. The fraction of sp³-hybridized carbons (Fsp3) is 0.200. The maximum absolute atomic E-state index is 13.5. The summed E-state index contributed by atoms with van der Waals surface area (Å²) in [4.78, 5) is 0. The maximum atomic E-state index is 13.5. The van der Waals surface area contributed by atoms with E-state index in [1.807, 2.05) is 31.2 Å². The van der Waals surface area contributed by atoms with Crippen molar-refractivity contribution in [3.05, 3.63) is 65.2 Å². The Morgan fingerprint density at radius 3 is 2.42 bits per heavy atom. The van der Waals surface area contributed by atoms with Crippen LogP contribution in [-0.2, 0) is 0 Å². The largest absolute Gasteiger partial charge is 0.386 e. The average Bonchev–Trinajstić information content (AvgIpc) is 2.37. The van der Waals surface area contributed by atoms with Gasteiger partial charge in [-0.1, -0.05) is 23.8 Å². The molecule has 0 heterocycles. The molecule has 19 heavy (non-hydrogen) atoms. The number of benzene rings is 2. The molecule has 2 nitrogen and oxygen atoms in total. The van der Waals surface area contributed by atoms with Gasteiger partial charge in [0.05, 0.1) is 6.10 Å². The van der Waals surface area contributed by atoms with E-state index in [4.69, 9.17) is 0 Å². The van der Waals surface area contributed by atoms with E-state index >= 15 is 0 Å². The summed E-state index contributed by atoms with van der Waals surface area (Å²) in [7, 11) is 0. The van der Waals surface area contributed by atoms with Crippen LogP contribution >= 0.6 is 0 Å². The van der Waals surface area contributed by atoms with Gasteiger partial charge in [0.25, 0.3) is 0 Å². The lowest BCUT2D eigenvalue weighted by atomic mass is 10.1. The Labute approximate surface area is 110 Å². The van der Waals surface area contributed by atoms with Crippen molar-refractivity contribution in [1.82, 2.24) is 0 Å². The number of hydrogen-bond donors (Lipinski definition) is 2. The Morgan fingerprint density at radius 1 is 1.11 bits per heavy atom. The third-order valence-corrected chi connectivity index (χ3v) is 2.87. The molecule has 0 aliphatic carbocycles. The Kier molecular flexibility index (Phi) is 4.12. The molecule has 100 valence electrons. The average molecular weight is 263 g/mol. The van der Waals surface area contributed by atoms with Gasteiger partial charge in [-0.05, 0) is 25.1 Å². The lowest BCUT2D eigenvalue weighted by Gasteiger charge is -2.14. The van der Waals surface area contributed by atoms with Crippen LogP contribution in [0.3, 0.4) is 0 Å². The lowest BCUT2D eigenvalue weighted by Crippen LogP contribution is -2.13. The third kappa shape index (κ3) is 3.51. The zero-order chi connectivity index (χ0) is 13.8. The normalized spacial score (nSPS) is 12.2. The summed E-state index contributed by atoms with van der Waals surface area (Å²) in [5.74, 6) is -1.39. The van der Waals surface area contributed by atoms with E-state index in [0.29, 0.717) is 0 Å². The summed E-state index contributed by atoms with van der Waals surface area (Å²) in [5.41, 5.74) is 2.06. The molecule has 2 rings (SSSR count). The molecule has 0 saturated heterocycles. The predicted molar refractivity (Wildman–Crippen MR) is 71.0 cm³/mol. The van der Waals surface area contributed by atoms with Gasteiger partial charge in [-0.15, -0.1) is 0 Å². The van der Waals surface area contributed by atoms with Gasteiger partial charge in [0.1, 0.15) is 11.6 Å². The summed E-state index contributed by atoms with van der Waals surface area (Å²) in [6.07, 6.45) is -1.03.